The summed E-state index contributed by atoms with van der Waals surface area (Å²) in [5.41, 5.74) is 1.04. The maximum atomic E-state index is 9.38. The molecule has 1 fully saturated rings. The normalized spacial score (nSPS) is 25.3. The fourth-order valence-electron chi connectivity index (χ4n) is 1.55. The number of anilines is 1. The lowest BCUT2D eigenvalue weighted by molar-refractivity contribution is 0.0786. The molecule has 0 heterocycles. The molecule has 1 aliphatic rings. The highest BCUT2D eigenvalue weighted by Crippen LogP contribution is 2.24. The first-order valence-corrected chi connectivity index (χ1v) is 4.88. The fourth-order valence-corrected chi connectivity index (χ4v) is 1.55. The van der Waals surface area contributed by atoms with Crippen LogP contribution in [0.3, 0.4) is 0 Å². The van der Waals surface area contributed by atoms with Crippen molar-refractivity contribution in [2.75, 3.05) is 12.4 Å². The van der Waals surface area contributed by atoms with E-state index in [4.69, 9.17) is 4.74 Å². The Morgan fingerprint density at radius 2 is 2.00 bits per heavy atom. The molecule has 0 bridgehead atoms. The molecule has 1 saturated carbocycles. The maximum absolute atomic E-state index is 9.38. The largest absolute Gasteiger partial charge is 0.497 e. The molecule has 3 heteroatoms. The molecule has 1 aromatic rings. The average molecular weight is 193 g/mol. The van der Waals surface area contributed by atoms with Crippen LogP contribution in [0, 0.1) is 0 Å². The predicted molar refractivity (Wildman–Crippen MR) is 55.6 cm³/mol. The molecule has 0 saturated heterocycles. The second-order valence-electron chi connectivity index (χ2n) is 3.62. The lowest BCUT2D eigenvalue weighted by Gasteiger charge is -2.33. The number of hydrogen-bond donors (Lipinski definition) is 2. The number of aliphatic hydroxyl groups excluding tert-OH is 1. The molecule has 0 aliphatic heterocycles. The van der Waals surface area contributed by atoms with E-state index in [-0.39, 0.29) is 12.1 Å². The van der Waals surface area contributed by atoms with Gasteiger partial charge >= 0.3 is 0 Å². The lowest BCUT2D eigenvalue weighted by atomic mass is 9.89. The number of rotatable bonds is 3. The zero-order valence-corrected chi connectivity index (χ0v) is 8.23. The zero-order valence-electron chi connectivity index (χ0n) is 8.23. The molecule has 1 aliphatic carbocycles. The SMILES string of the molecule is COc1ccc(N[C@@H]2CC[C@H]2O)cc1. The number of methoxy groups -OCH3 is 1. The smallest absolute Gasteiger partial charge is 0.119 e. The van der Waals surface area contributed by atoms with Gasteiger partial charge in [-0.25, -0.2) is 0 Å². The van der Waals surface area contributed by atoms with E-state index >= 15 is 0 Å². The zero-order chi connectivity index (χ0) is 9.97. The van der Waals surface area contributed by atoms with Crippen molar-refractivity contribution >= 4 is 5.69 Å². The molecule has 0 aromatic heterocycles. The minimum absolute atomic E-state index is 0.183. The van der Waals surface area contributed by atoms with Crippen LogP contribution in [0.25, 0.3) is 0 Å². The van der Waals surface area contributed by atoms with Gasteiger partial charge in [0.15, 0.2) is 0 Å². The van der Waals surface area contributed by atoms with Gasteiger partial charge in [0.05, 0.1) is 19.3 Å². The number of benzene rings is 1. The molecule has 14 heavy (non-hydrogen) atoms. The first-order chi connectivity index (χ1) is 6.79. The summed E-state index contributed by atoms with van der Waals surface area (Å²) in [5.74, 6) is 0.852. The average Bonchev–Trinajstić information content (AvgIpc) is 2.24. The van der Waals surface area contributed by atoms with Crippen molar-refractivity contribution in [3.63, 3.8) is 0 Å². The van der Waals surface area contributed by atoms with E-state index in [1.54, 1.807) is 7.11 Å². The van der Waals surface area contributed by atoms with Gasteiger partial charge in [0.2, 0.25) is 0 Å². The van der Waals surface area contributed by atoms with Gasteiger partial charge in [-0.1, -0.05) is 0 Å². The van der Waals surface area contributed by atoms with Crippen molar-refractivity contribution in [2.24, 2.45) is 0 Å². The van der Waals surface area contributed by atoms with Gasteiger partial charge in [0.25, 0.3) is 0 Å². The number of hydrogen-bond acceptors (Lipinski definition) is 3. The summed E-state index contributed by atoms with van der Waals surface area (Å²) >= 11 is 0. The monoisotopic (exact) mass is 193 g/mol. The topological polar surface area (TPSA) is 41.5 Å². The molecule has 0 radical (unpaired) electrons. The third kappa shape index (κ3) is 1.82. The van der Waals surface area contributed by atoms with Crippen LogP contribution in [-0.2, 0) is 0 Å². The summed E-state index contributed by atoms with van der Waals surface area (Å²) in [6, 6.07) is 7.97. The predicted octanol–water partition coefficient (Wildman–Crippen LogP) is 1.63. The van der Waals surface area contributed by atoms with E-state index in [2.05, 4.69) is 5.32 Å². The number of nitrogens with one attached hydrogen (secondary N) is 1. The molecular formula is C11H15NO2. The highest BCUT2D eigenvalue weighted by Gasteiger charge is 2.28. The Kier molecular flexibility index (Phi) is 2.59. The molecule has 0 amide bonds. The maximum Gasteiger partial charge on any atom is 0.119 e. The molecule has 76 valence electrons. The van der Waals surface area contributed by atoms with Crippen LogP contribution >= 0.6 is 0 Å². The van der Waals surface area contributed by atoms with Crippen LogP contribution in [0.1, 0.15) is 12.8 Å². The van der Waals surface area contributed by atoms with Crippen molar-refractivity contribution in [1.29, 1.82) is 0 Å². The van der Waals surface area contributed by atoms with Gasteiger partial charge in [-0.3, -0.25) is 0 Å². The van der Waals surface area contributed by atoms with Crippen molar-refractivity contribution in [2.45, 2.75) is 25.0 Å². The van der Waals surface area contributed by atoms with Crippen LogP contribution < -0.4 is 10.1 Å². The Labute approximate surface area is 83.7 Å². The Hall–Kier alpha value is -1.22. The van der Waals surface area contributed by atoms with Crippen molar-refractivity contribution in [3.05, 3.63) is 24.3 Å². The van der Waals surface area contributed by atoms with Gasteiger partial charge in [0, 0.05) is 5.69 Å². The Morgan fingerprint density at radius 1 is 1.29 bits per heavy atom. The fraction of sp³-hybridized carbons (Fsp3) is 0.455. The Bertz CT molecular complexity index is 297. The van der Waals surface area contributed by atoms with Crippen LogP contribution in [0.15, 0.2) is 24.3 Å². The summed E-state index contributed by atoms with van der Waals surface area (Å²) in [6.07, 6.45) is 1.78. The van der Waals surface area contributed by atoms with Gasteiger partial charge < -0.3 is 15.2 Å². The molecule has 2 N–H and O–H groups in total. The highest BCUT2D eigenvalue weighted by molar-refractivity contribution is 5.47. The van der Waals surface area contributed by atoms with Crippen LogP contribution in [0.5, 0.6) is 5.75 Å². The second-order valence-corrected chi connectivity index (χ2v) is 3.62. The van der Waals surface area contributed by atoms with Gasteiger partial charge in [-0.2, -0.15) is 0 Å². The Balaban J connectivity index is 1.96. The van der Waals surface area contributed by atoms with E-state index in [0.717, 1.165) is 24.3 Å². The standard InChI is InChI=1S/C11H15NO2/c1-14-9-4-2-8(3-5-9)12-10-6-7-11(10)13/h2-5,10-13H,6-7H2,1H3/t10-,11-/m1/s1. The van der Waals surface area contributed by atoms with Crippen molar-refractivity contribution in [1.82, 2.24) is 0 Å². The summed E-state index contributed by atoms with van der Waals surface area (Å²) in [4.78, 5) is 0. The van der Waals surface area contributed by atoms with E-state index in [1.165, 1.54) is 0 Å². The van der Waals surface area contributed by atoms with Crippen molar-refractivity contribution in [3.8, 4) is 5.75 Å². The molecule has 3 nitrogen and oxygen atoms in total. The van der Waals surface area contributed by atoms with Gasteiger partial charge in [-0.15, -0.1) is 0 Å². The van der Waals surface area contributed by atoms with E-state index < -0.39 is 0 Å². The van der Waals surface area contributed by atoms with Crippen LogP contribution in [0.2, 0.25) is 0 Å². The summed E-state index contributed by atoms with van der Waals surface area (Å²) in [7, 11) is 1.65. The van der Waals surface area contributed by atoms with Crippen LogP contribution in [-0.4, -0.2) is 24.4 Å². The van der Waals surface area contributed by atoms with E-state index in [0.29, 0.717) is 0 Å². The van der Waals surface area contributed by atoms with E-state index in [1.807, 2.05) is 24.3 Å². The molecule has 0 unspecified atom stereocenters. The first-order valence-electron chi connectivity index (χ1n) is 4.88. The second kappa shape index (κ2) is 3.88. The number of ether oxygens (including phenoxy) is 1. The first kappa shape index (κ1) is 9.34. The molecule has 1 aromatic carbocycles. The lowest BCUT2D eigenvalue weighted by Crippen LogP contribution is -2.42. The highest BCUT2D eigenvalue weighted by atomic mass is 16.5. The summed E-state index contributed by atoms with van der Waals surface area (Å²) in [5, 5.41) is 12.7. The van der Waals surface area contributed by atoms with Crippen LogP contribution in [0.4, 0.5) is 5.69 Å². The Morgan fingerprint density at radius 3 is 2.43 bits per heavy atom. The molecular weight excluding hydrogens is 178 g/mol. The molecule has 0 spiro atoms. The summed E-state index contributed by atoms with van der Waals surface area (Å²) < 4.78 is 5.06. The minimum Gasteiger partial charge on any atom is -0.497 e. The molecule has 2 rings (SSSR count). The van der Waals surface area contributed by atoms with Crippen molar-refractivity contribution < 1.29 is 9.84 Å². The van der Waals surface area contributed by atoms with Gasteiger partial charge in [0.1, 0.15) is 5.75 Å². The quantitative estimate of drug-likeness (QED) is 0.766. The van der Waals surface area contributed by atoms with E-state index in [9.17, 15) is 5.11 Å². The third-order valence-electron chi connectivity index (χ3n) is 2.68. The summed E-state index contributed by atoms with van der Waals surface area (Å²) in [6.45, 7) is 0. The van der Waals surface area contributed by atoms with Gasteiger partial charge in [-0.05, 0) is 37.1 Å². The number of aliphatic hydroxyl groups is 1. The molecule has 2 atom stereocenters. The minimum atomic E-state index is -0.183. The third-order valence-corrected chi connectivity index (χ3v) is 2.68.